The van der Waals surface area contributed by atoms with Crippen LogP contribution in [0, 0.1) is 6.92 Å². The van der Waals surface area contributed by atoms with Gasteiger partial charge >= 0.3 is 0 Å². The van der Waals surface area contributed by atoms with Gasteiger partial charge in [-0.25, -0.2) is 4.90 Å². The van der Waals surface area contributed by atoms with Gasteiger partial charge in [0.1, 0.15) is 0 Å². The number of hydrogen-bond acceptors (Lipinski definition) is 2. The topological polar surface area (TPSA) is 41.3 Å². The number of nitrogens with zero attached hydrogens (tertiary/aromatic N) is 2. The number of pyridine rings is 1. The number of hydrogen-bond donors (Lipinski definition) is 0. The molecule has 19 heavy (non-hydrogen) atoms. The molecule has 1 aromatic carbocycles. The van der Waals surface area contributed by atoms with Crippen molar-refractivity contribution in [2.24, 2.45) is 0 Å². The van der Waals surface area contributed by atoms with E-state index >= 15 is 0 Å². The molecule has 1 aliphatic rings. The van der Waals surface area contributed by atoms with Crippen LogP contribution in [-0.2, 0) is 6.67 Å². The quantitative estimate of drug-likeness (QED) is 0.601. The van der Waals surface area contributed by atoms with Gasteiger partial charge in [0.15, 0.2) is 11.9 Å². The molecule has 0 unspecified atom stereocenters. The van der Waals surface area contributed by atoms with Gasteiger partial charge in [0.05, 0.1) is 11.1 Å². The van der Waals surface area contributed by atoms with Crippen LogP contribution in [0.15, 0.2) is 48.7 Å². The van der Waals surface area contributed by atoms with Crippen LogP contribution in [0.1, 0.15) is 26.4 Å². The smallest absolute Gasteiger partial charge is 0.266 e. The Bertz CT molecular complexity index is 644. The first-order valence-electron chi connectivity index (χ1n) is 6.09. The first kappa shape index (κ1) is 11.6. The van der Waals surface area contributed by atoms with Crippen LogP contribution >= 0.6 is 0 Å². The van der Waals surface area contributed by atoms with E-state index in [2.05, 4.69) is 0 Å². The first-order chi connectivity index (χ1) is 9.18. The van der Waals surface area contributed by atoms with Crippen molar-refractivity contribution in [2.75, 3.05) is 0 Å². The number of benzene rings is 1. The minimum Gasteiger partial charge on any atom is -0.268 e. The maximum atomic E-state index is 12.2. The van der Waals surface area contributed by atoms with Crippen LogP contribution in [-0.4, -0.2) is 16.7 Å². The van der Waals surface area contributed by atoms with Crippen molar-refractivity contribution >= 4 is 11.8 Å². The fourth-order valence-corrected chi connectivity index (χ4v) is 2.24. The second kappa shape index (κ2) is 4.31. The number of imide groups is 1. The summed E-state index contributed by atoms with van der Waals surface area (Å²) < 4.78 is 1.88. The van der Waals surface area contributed by atoms with Crippen LogP contribution in [0.2, 0.25) is 0 Å². The number of carbonyl (C=O) groups excluding carboxylic acids is 2. The zero-order valence-corrected chi connectivity index (χ0v) is 10.5. The second-order valence-corrected chi connectivity index (χ2v) is 4.54. The van der Waals surface area contributed by atoms with Crippen LogP contribution in [0.5, 0.6) is 0 Å². The Morgan fingerprint density at radius 2 is 1.53 bits per heavy atom. The molecule has 1 aliphatic heterocycles. The van der Waals surface area contributed by atoms with Gasteiger partial charge in [-0.3, -0.25) is 9.59 Å². The van der Waals surface area contributed by atoms with Crippen molar-refractivity contribution in [3.63, 3.8) is 0 Å². The standard InChI is InChI=1S/C15H13N2O2/c1-11-6-4-5-9-16(11)10-17-14(18)12-7-2-3-8-13(12)15(17)19/h2-9H,10H2,1H3/q+1. The predicted molar refractivity (Wildman–Crippen MR) is 68.3 cm³/mol. The molecule has 0 radical (unpaired) electrons. The van der Waals surface area contributed by atoms with E-state index in [0.29, 0.717) is 11.1 Å². The highest BCUT2D eigenvalue weighted by molar-refractivity contribution is 6.21. The van der Waals surface area contributed by atoms with Gasteiger partial charge in [-0.1, -0.05) is 18.2 Å². The maximum Gasteiger partial charge on any atom is 0.266 e. The minimum absolute atomic E-state index is 0.226. The van der Waals surface area contributed by atoms with Crippen LogP contribution in [0.4, 0.5) is 0 Å². The van der Waals surface area contributed by atoms with Crippen molar-refractivity contribution < 1.29 is 14.2 Å². The van der Waals surface area contributed by atoms with E-state index in [4.69, 9.17) is 0 Å². The summed E-state index contributed by atoms with van der Waals surface area (Å²) in [5, 5.41) is 0. The summed E-state index contributed by atoms with van der Waals surface area (Å²) in [6.07, 6.45) is 1.86. The summed E-state index contributed by atoms with van der Waals surface area (Å²) in [6.45, 7) is 2.19. The highest BCUT2D eigenvalue weighted by Crippen LogP contribution is 2.21. The molecule has 0 saturated carbocycles. The zero-order valence-electron chi connectivity index (χ0n) is 10.5. The van der Waals surface area contributed by atoms with Crippen molar-refractivity contribution in [1.29, 1.82) is 0 Å². The Labute approximate surface area is 110 Å². The molecular formula is C15H13N2O2+. The fourth-order valence-electron chi connectivity index (χ4n) is 2.24. The zero-order chi connectivity index (χ0) is 13.4. The summed E-state index contributed by atoms with van der Waals surface area (Å²) in [5.74, 6) is -0.451. The Balaban J connectivity index is 1.95. The lowest BCUT2D eigenvalue weighted by atomic mass is 10.1. The highest BCUT2D eigenvalue weighted by atomic mass is 16.2. The lowest BCUT2D eigenvalue weighted by Crippen LogP contribution is -2.47. The molecule has 2 heterocycles. The van der Waals surface area contributed by atoms with Gasteiger partial charge in [0.2, 0.25) is 6.67 Å². The summed E-state index contributed by atoms with van der Waals surface area (Å²) >= 11 is 0. The SMILES string of the molecule is Cc1cccc[n+]1CN1C(=O)c2ccccc2C1=O. The summed E-state index contributed by atoms with van der Waals surface area (Å²) in [7, 11) is 0. The lowest BCUT2D eigenvalue weighted by Gasteiger charge is -2.10. The minimum atomic E-state index is -0.226. The van der Waals surface area contributed by atoms with Crippen molar-refractivity contribution in [1.82, 2.24) is 4.90 Å². The lowest BCUT2D eigenvalue weighted by molar-refractivity contribution is -0.715. The van der Waals surface area contributed by atoms with Gasteiger partial charge in [-0.2, -0.15) is 4.57 Å². The van der Waals surface area contributed by atoms with Crippen molar-refractivity contribution in [2.45, 2.75) is 13.6 Å². The molecule has 0 spiro atoms. The highest BCUT2D eigenvalue weighted by Gasteiger charge is 2.37. The van der Waals surface area contributed by atoms with Gasteiger partial charge in [-0.15, -0.1) is 0 Å². The van der Waals surface area contributed by atoms with Crippen molar-refractivity contribution in [3.8, 4) is 0 Å². The maximum absolute atomic E-state index is 12.2. The molecule has 0 aliphatic carbocycles. The molecule has 2 amide bonds. The van der Waals surface area contributed by atoms with E-state index in [1.807, 2.05) is 35.9 Å². The van der Waals surface area contributed by atoms with E-state index in [0.717, 1.165) is 5.69 Å². The molecule has 0 atom stereocenters. The van der Waals surface area contributed by atoms with E-state index in [1.54, 1.807) is 24.3 Å². The van der Waals surface area contributed by atoms with E-state index in [-0.39, 0.29) is 18.5 Å². The molecule has 0 fully saturated rings. The van der Waals surface area contributed by atoms with Crippen LogP contribution in [0.25, 0.3) is 0 Å². The molecule has 4 heteroatoms. The monoisotopic (exact) mass is 253 g/mol. The van der Waals surface area contributed by atoms with Gasteiger partial charge < -0.3 is 0 Å². The first-order valence-corrected chi connectivity index (χ1v) is 6.09. The number of aromatic nitrogens is 1. The molecule has 1 aromatic heterocycles. The van der Waals surface area contributed by atoms with Gasteiger partial charge in [0, 0.05) is 19.1 Å². The Morgan fingerprint density at radius 3 is 2.11 bits per heavy atom. The fraction of sp³-hybridized carbons (Fsp3) is 0.133. The third kappa shape index (κ3) is 1.81. The molecular weight excluding hydrogens is 240 g/mol. The molecule has 0 saturated heterocycles. The number of fused-ring (bicyclic) bond motifs is 1. The van der Waals surface area contributed by atoms with Crippen LogP contribution < -0.4 is 4.57 Å². The summed E-state index contributed by atoms with van der Waals surface area (Å²) in [4.78, 5) is 25.7. The molecule has 3 rings (SSSR count). The molecule has 94 valence electrons. The molecule has 0 bridgehead atoms. The number of rotatable bonds is 2. The van der Waals surface area contributed by atoms with E-state index in [1.165, 1.54) is 4.90 Å². The van der Waals surface area contributed by atoms with Crippen LogP contribution in [0.3, 0.4) is 0 Å². The Kier molecular flexibility index (Phi) is 2.63. The van der Waals surface area contributed by atoms with Crippen molar-refractivity contribution in [3.05, 3.63) is 65.5 Å². The normalized spacial score (nSPS) is 13.8. The number of amides is 2. The summed E-state index contributed by atoms with van der Waals surface area (Å²) in [6, 6.07) is 12.7. The average Bonchev–Trinajstić information content (AvgIpc) is 2.67. The number of carbonyl (C=O) groups is 2. The molecule has 0 N–H and O–H groups in total. The third-order valence-electron chi connectivity index (χ3n) is 3.34. The largest absolute Gasteiger partial charge is 0.268 e. The Hall–Kier alpha value is -2.49. The summed E-state index contributed by atoms with van der Waals surface area (Å²) in [5.41, 5.74) is 1.97. The number of aryl methyl sites for hydroxylation is 1. The second-order valence-electron chi connectivity index (χ2n) is 4.54. The van der Waals surface area contributed by atoms with E-state index in [9.17, 15) is 9.59 Å². The third-order valence-corrected chi connectivity index (χ3v) is 3.34. The molecule has 4 nitrogen and oxygen atoms in total. The predicted octanol–water partition coefficient (Wildman–Crippen LogP) is 1.54. The molecule has 2 aromatic rings. The van der Waals surface area contributed by atoms with Gasteiger partial charge in [0.25, 0.3) is 11.8 Å². The average molecular weight is 253 g/mol. The Morgan fingerprint density at radius 1 is 0.947 bits per heavy atom. The van der Waals surface area contributed by atoms with E-state index < -0.39 is 0 Å². The van der Waals surface area contributed by atoms with Gasteiger partial charge in [-0.05, 0) is 12.1 Å².